The highest BCUT2D eigenvalue weighted by molar-refractivity contribution is 5.42. The first-order chi connectivity index (χ1) is 6.70. The van der Waals surface area contributed by atoms with Crippen molar-refractivity contribution in [3.8, 4) is 11.5 Å². The van der Waals surface area contributed by atoms with Gasteiger partial charge in [0.25, 0.3) is 0 Å². The lowest BCUT2D eigenvalue weighted by atomic mass is 9.99. The molecule has 1 aliphatic rings. The zero-order valence-electron chi connectivity index (χ0n) is 8.36. The van der Waals surface area contributed by atoms with Crippen molar-refractivity contribution in [3.63, 3.8) is 0 Å². The van der Waals surface area contributed by atoms with Crippen molar-refractivity contribution in [1.82, 2.24) is 0 Å². The highest BCUT2D eigenvalue weighted by atomic mass is 16.5. The fourth-order valence-corrected chi connectivity index (χ4v) is 1.73. The minimum atomic E-state index is -0.441. The lowest BCUT2D eigenvalue weighted by Gasteiger charge is -2.27. The molecule has 76 valence electrons. The fraction of sp³-hybridized carbons (Fsp3) is 0.455. The van der Waals surface area contributed by atoms with Gasteiger partial charge in [-0.25, -0.2) is 0 Å². The maximum Gasteiger partial charge on any atom is 0.125 e. The second-order valence-electron chi connectivity index (χ2n) is 3.58. The number of ether oxygens (including phenoxy) is 2. The molecule has 0 saturated carbocycles. The molecule has 2 rings (SSSR count). The maximum absolute atomic E-state index is 9.82. The normalized spacial score (nSPS) is 25.1. The molecule has 0 fully saturated rings. The number of aliphatic hydroxyl groups excluding tert-OH is 1. The summed E-state index contributed by atoms with van der Waals surface area (Å²) in [7, 11) is 1.61. The van der Waals surface area contributed by atoms with Crippen LogP contribution in [0.3, 0.4) is 0 Å². The molecule has 1 aromatic carbocycles. The van der Waals surface area contributed by atoms with Gasteiger partial charge in [-0.05, 0) is 25.1 Å². The largest absolute Gasteiger partial charge is 0.497 e. The van der Waals surface area contributed by atoms with Crippen LogP contribution in [-0.2, 0) is 0 Å². The lowest BCUT2D eigenvalue weighted by Crippen LogP contribution is -2.22. The van der Waals surface area contributed by atoms with E-state index in [1.807, 2.05) is 25.1 Å². The summed E-state index contributed by atoms with van der Waals surface area (Å²) in [5.74, 6) is 1.51. The van der Waals surface area contributed by atoms with E-state index in [1.165, 1.54) is 0 Å². The van der Waals surface area contributed by atoms with E-state index in [4.69, 9.17) is 9.47 Å². The third-order valence-corrected chi connectivity index (χ3v) is 2.46. The smallest absolute Gasteiger partial charge is 0.125 e. The van der Waals surface area contributed by atoms with Gasteiger partial charge >= 0.3 is 0 Å². The zero-order chi connectivity index (χ0) is 10.1. The van der Waals surface area contributed by atoms with Crippen LogP contribution in [0.1, 0.15) is 25.0 Å². The van der Waals surface area contributed by atoms with Gasteiger partial charge in [-0.3, -0.25) is 0 Å². The van der Waals surface area contributed by atoms with Gasteiger partial charge in [0.2, 0.25) is 0 Å². The number of rotatable bonds is 1. The fourth-order valence-electron chi connectivity index (χ4n) is 1.73. The first-order valence-electron chi connectivity index (χ1n) is 4.73. The molecule has 2 atom stereocenters. The van der Waals surface area contributed by atoms with Crippen molar-refractivity contribution in [2.45, 2.75) is 25.6 Å². The van der Waals surface area contributed by atoms with E-state index < -0.39 is 6.10 Å². The Morgan fingerprint density at radius 3 is 3.00 bits per heavy atom. The number of fused-ring (bicyclic) bond motifs is 1. The Morgan fingerprint density at radius 1 is 1.50 bits per heavy atom. The number of aliphatic hydroxyl groups is 1. The van der Waals surface area contributed by atoms with Gasteiger partial charge in [0.05, 0.1) is 19.3 Å². The van der Waals surface area contributed by atoms with E-state index in [-0.39, 0.29) is 6.10 Å². The average Bonchev–Trinajstić information content (AvgIpc) is 2.17. The van der Waals surface area contributed by atoms with Gasteiger partial charge in [0, 0.05) is 12.0 Å². The SMILES string of the molecule is COc1ccc2c(c1)[C@@H](O)CC(C)O2. The number of hydrogen-bond acceptors (Lipinski definition) is 3. The predicted molar refractivity (Wildman–Crippen MR) is 52.7 cm³/mol. The van der Waals surface area contributed by atoms with E-state index in [2.05, 4.69) is 0 Å². The Morgan fingerprint density at radius 2 is 2.29 bits per heavy atom. The number of benzene rings is 1. The van der Waals surface area contributed by atoms with Crippen LogP contribution in [0, 0.1) is 0 Å². The third kappa shape index (κ3) is 1.55. The molecule has 3 heteroatoms. The summed E-state index contributed by atoms with van der Waals surface area (Å²) in [6, 6.07) is 5.50. The van der Waals surface area contributed by atoms with Crippen molar-refractivity contribution in [1.29, 1.82) is 0 Å². The molecule has 1 aliphatic heterocycles. The van der Waals surface area contributed by atoms with Gasteiger partial charge in [-0.15, -0.1) is 0 Å². The molecule has 0 radical (unpaired) electrons. The third-order valence-electron chi connectivity index (χ3n) is 2.46. The monoisotopic (exact) mass is 194 g/mol. The molecule has 0 spiro atoms. The molecule has 0 aliphatic carbocycles. The number of methoxy groups -OCH3 is 1. The summed E-state index contributed by atoms with van der Waals surface area (Å²) in [5, 5.41) is 9.82. The van der Waals surface area contributed by atoms with Crippen LogP contribution in [0.15, 0.2) is 18.2 Å². The van der Waals surface area contributed by atoms with Crippen LogP contribution < -0.4 is 9.47 Å². The van der Waals surface area contributed by atoms with E-state index in [0.29, 0.717) is 6.42 Å². The lowest BCUT2D eigenvalue weighted by molar-refractivity contribution is 0.0746. The van der Waals surface area contributed by atoms with Crippen molar-refractivity contribution in [3.05, 3.63) is 23.8 Å². The zero-order valence-corrected chi connectivity index (χ0v) is 8.36. The minimum Gasteiger partial charge on any atom is -0.497 e. The summed E-state index contributed by atoms with van der Waals surface area (Å²) in [5.41, 5.74) is 0.822. The Balaban J connectivity index is 2.39. The molecule has 0 bridgehead atoms. The summed E-state index contributed by atoms with van der Waals surface area (Å²) in [6.07, 6.45) is 0.273. The van der Waals surface area contributed by atoms with Gasteiger partial charge in [0.15, 0.2) is 0 Å². The summed E-state index contributed by atoms with van der Waals surface area (Å²) in [6.45, 7) is 1.95. The topological polar surface area (TPSA) is 38.7 Å². The molecular formula is C11H14O3. The minimum absolute atomic E-state index is 0.0749. The Hall–Kier alpha value is -1.22. The summed E-state index contributed by atoms with van der Waals surface area (Å²) in [4.78, 5) is 0. The summed E-state index contributed by atoms with van der Waals surface area (Å²) < 4.78 is 10.7. The van der Waals surface area contributed by atoms with E-state index >= 15 is 0 Å². The van der Waals surface area contributed by atoms with Crippen LogP contribution in [0.5, 0.6) is 11.5 Å². The molecule has 0 aromatic heterocycles. The molecule has 1 N–H and O–H groups in total. The Bertz CT molecular complexity index is 335. The van der Waals surface area contributed by atoms with Gasteiger partial charge < -0.3 is 14.6 Å². The Labute approximate surface area is 83.3 Å². The van der Waals surface area contributed by atoms with Crippen LogP contribution in [-0.4, -0.2) is 18.3 Å². The maximum atomic E-state index is 9.82. The molecule has 1 heterocycles. The number of hydrogen-bond donors (Lipinski definition) is 1. The molecule has 1 unspecified atom stereocenters. The van der Waals surface area contributed by atoms with Crippen molar-refractivity contribution in [2.75, 3.05) is 7.11 Å². The van der Waals surface area contributed by atoms with Gasteiger partial charge in [-0.1, -0.05) is 0 Å². The van der Waals surface area contributed by atoms with E-state index in [1.54, 1.807) is 7.11 Å². The first kappa shape index (κ1) is 9.34. The molecule has 1 aromatic rings. The van der Waals surface area contributed by atoms with E-state index in [9.17, 15) is 5.11 Å². The second-order valence-corrected chi connectivity index (χ2v) is 3.58. The van der Waals surface area contributed by atoms with Crippen molar-refractivity contribution >= 4 is 0 Å². The van der Waals surface area contributed by atoms with Gasteiger partial charge in [-0.2, -0.15) is 0 Å². The van der Waals surface area contributed by atoms with Crippen LogP contribution in [0.2, 0.25) is 0 Å². The Kier molecular flexibility index (Phi) is 2.33. The molecular weight excluding hydrogens is 180 g/mol. The highest BCUT2D eigenvalue weighted by Crippen LogP contribution is 2.36. The molecule has 0 amide bonds. The predicted octanol–water partition coefficient (Wildman–Crippen LogP) is 1.90. The van der Waals surface area contributed by atoms with Crippen LogP contribution >= 0.6 is 0 Å². The van der Waals surface area contributed by atoms with Crippen LogP contribution in [0.4, 0.5) is 0 Å². The average molecular weight is 194 g/mol. The standard InChI is InChI=1S/C11H14O3/c1-7-5-10(12)9-6-8(13-2)3-4-11(9)14-7/h3-4,6-7,10,12H,5H2,1-2H3/t7?,10-/m0/s1. The quantitative estimate of drug-likeness (QED) is 0.742. The van der Waals surface area contributed by atoms with E-state index in [0.717, 1.165) is 17.1 Å². The van der Waals surface area contributed by atoms with Crippen LogP contribution in [0.25, 0.3) is 0 Å². The molecule has 3 nitrogen and oxygen atoms in total. The highest BCUT2D eigenvalue weighted by Gasteiger charge is 2.24. The second kappa shape index (κ2) is 3.50. The van der Waals surface area contributed by atoms with Crippen molar-refractivity contribution in [2.24, 2.45) is 0 Å². The molecule has 0 saturated heterocycles. The summed E-state index contributed by atoms with van der Waals surface area (Å²) >= 11 is 0. The van der Waals surface area contributed by atoms with Crippen molar-refractivity contribution < 1.29 is 14.6 Å². The molecule has 14 heavy (non-hydrogen) atoms. The van der Waals surface area contributed by atoms with Gasteiger partial charge in [0.1, 0.15) is 11.5 Å². The first-order valence-corrected chi connectivity index (χ1v) is 4.73.